The number of aromatic nitrogens is 6. The minimum atomic E-state index is -4.56. The number of benzene rings is 2. The first-order chi connectivity index (χ1) is 15.2. The number of tetrazole rings is 1. The van der Waals surface area contributed by atoms with E-state index >= 15 is 0 Å². The first kappa shape index (κ1) is 20.9. The molecule has 0 atom stereocenters. The number of carbonyl (C=O) groups excluding carboxylic acids is 1. The van der Waals surface area contributed by atoms with Crippen LogP contribution in [0.4, 0.5) is 13.2 Å². The van der Waals surface area contributed by atoms with E-state index in [1.165, 1.54) is 42.5 Å². The SMILES string of the molecule is NC(=O)c1cn(Cc2nn[nH]n2)c(=O)c(-c2cccc(-c3ccccc3C(F)(F)F)c2)n1. The van der Waals surface area contributed by atoms with Gasteiger partial charge in [0.15, 0.2) is 5.82 Å². The molecule has 0 spiro atoms. The molecule has 9 nitrogen and oxygen atoms in total. The number of hydrogen-bond acceptors (Lipinski definition) is 6. The van der Waals surface area contributed by atoms with E-state index < -0.39 is 23.2 Å². The van der Waals surface area contributed by atoms with Crippen LogP contribution in [0.25, 0.3) is 22.4 Å². The Kier molecular flexibility index (Phi) is 5.26. The predicted molar refractivity (Wildman–Crippen MR) is 106 cm³/mol. The molecule has 0 fully saturated rings. The van der Waals surface area contributed by atoms with E-state index in [0.717, 1.165) is 16.8 Å². The summed E-state index contributed by atoms with van der Waals surface area (Å²) in [4.78, 5) is 28.8. The lowest BCUT2D eigenvalue weighted by Gasteiger charge is -2.14. The highest BCUT2D eigenvalue weighted by molar-refractivity contribution is 5.91. The highest BCUT2D eigenvalue weighted by atomic mass is 19.4. The molecule has 0 aliphatic rings. The van der Waals surface area contributed by atoms with Gasteiger partial charge >= 0.3 is 6.18 Å². The maximum Gasteiger partial charge on any atom is 0.417 e. The van der Waals surface area contributed by atoms with Crippen LogP contribution in [0.2, 0.25) is 0 Å². The maximum atomic E-state index is 13.5. The summed E-state index contributed by atoms with van der Waals surface area (Å²) in [7, 11) is 0. The molecule has 0 bridgehead atoms. The van der Waals surface area contributed by atoms with E-state index in [1.54, 1.807) is 0 Å². The second-order valence-electron chi connectivity index (χ2n) is 6.72. The van der Waals surface area contributed by atoms with Crippen LogP contribution >= 0.6 is 0 Å². The zero-order valence-corrected chi connectivity index (χ0v) is 16.2. The molecule has 3 N–H and O–H groups in total. The zero-order chi connectivity index (χ0) is 22.9. The lowest BCUT2D eigenvalue weighted by molar-refractivity contribution is -0.137. The van der Waals surface area contributed by atoms with Crippen molar-refractivity contribution >= 4 is 5.91 Å². The van der Waals surface area contributed by atoms with E-state index in [9.17, 15) is 22.8 Å². The van der Waals surface area contributed by atoms with Crippen LogP contribution in [0, 0.1) is 0 Å². The van der Waals surface area contributed by atoms with Gasteiger partial charge in [-0.05, 0) is 23.3 Å². The monoisotopic (exact) mass is 441 g/mol. The van der Waals surface area contributed by atoms with Gasteiger partial charge in [-0.2, -0.15) is 18.4 Å². The number of aromatic amines is 1. The van der Waals surface area contributed by atoms with Crippen molar-refractivity contribution in [2.24, 2.45) is 5.73 Å². The molecule has 32 heavy (non-hydrogen) atoms. The summed E-state index contributed by atoms with van der Waals surface area (Å²) in [6.07, 6.45) is -3.40. The molecule has 162 valence electrons. The van der Waals surface area contributed by atoms with Gasteiger partial charge in [-0.3, -0.25) is 9.59 Å². The lowest BCUT2D eigenvalue weighted by atomic mass is 9.97. The van der Waals surface area contributed by atoms with Crippen LogP contribution in [0.1, 0.15) is 21.9 Å². The fraction of sp³-hybridized carbons (Fsp3) is 0.100. The Balaban J connectivity index is 1.86. The van der Waals surface area contributed by atoms with E-state index in [1.807, 2.05) is 0 Å². The average molecular weight is 441 g/mol. The van der Waals surface area contributed by atoms with Crippen LogP contribution in [-0.2, 0) is 12.7 Å². The molecular weight excluding hydrogens is 427 g/mol. The number of rotatable bonds is 5. The number of halogens is 3. The quantitative estimate of drug-likeness (QED) is 0.488. The minimum absolute atomic E-state index is 0.0555. The first-order valence-electron chi connectivity index (χ1n) is 9.14. The number of amides is 1. The van der Waals surface area contributed by atoms with E-state index in [-0.39, 0.29) is 40.4 Å². The molecule has 2 aromatic carbocycles. The van der Waals surface area contributed by atoms with Crippen LogP contribution in [-0.4, -0.2) is 36.1 Å². The topological polar surface area (TPSA) is 132 Å². The van der Waals surface area contributed by atoms with Crippen molar-refractivity contribution in [1.29, 1.82) is 0 Å². The van der Waals surface area contributed by atoms with Gasteiger partial charge in [0.05, 0.1) is 12.1 Å². The molecule has 0 unspecified atom stereocenters. The standard InChI is InChI=1S/C20H14F3N7O2/c21-20(22,23)14-7-2-1-6-13(14)11-4-3-5-12(8-11)17-19(32)30(9-15(25-17)18(24)31)10-16-26-28-29-27-16/h1-9H,10H2,(H2,24,31)(H,26,27,28,29). The van der Waals surface area contributed by atoms with Gasteiger partial charge in [-0.15, -0.1) is 10.2 Å². The Hall–Kier alpha value is -4.35. The molecule has 2 heterocycles. The van der Waals surface area contributed by atoms with Gasteiger partial charge in [0.1, 0.15) is 11.4 Å². The fourth-order valence-corrected chi connectivity index (χ4v) is 3.18. The number of nitrogens with one attached hydrogen (secondary N) is 1. The Morgan fingerprint density at radius 3 is 2.53 bits per heavy atom. The summed E-state index contributed by atoms with van der Waals surface area (Å²) < 4.78 is 41.5. The maximum absolute atomic E-state index is 13.5. The summed E-state index contributed by atoms with van der Waals surface area (Å²) in [6, 6.07) is 11.0. The zero-order valence-electron chi connectivity index (χ0n) is 16.2. The van der Waals surface area contributed by atoms with E-state index in [2.05, 4.69) is 25.6 Å². The molecule has 0 saturated carbocycles. The molecule has 0 saturated heterocycles. The smallest absolute Gasteiger partial charge is 0.364 e. The third kappa shape index (κ3) is 4.10. The highest BCUT2D eigenvalue weighted by Crippen LogP contribution is 2.37. The molecule has 12 heteroatoms. The molecular formula is C20H14F3N7O2. The van der Waals surface area contributed by atoms with Crippen molar-refractivity contribution in [2.45, 2.75) is 12.7 Å². The summed E-state index contributed by atoms with van der Waals surface area (Å²) in [5.41, 5.74) is 3.95. The Labute approximate surface area is 177 Å². The van der Waals surface area contributed by atoms with E-state index in [0.29, 0.717) is 0 Å². The third-order valence-corrected chi connectivity index (χ3v) is 4.61. The van der Waals surface area contributed by atoms with Crippen LogP contribution in [0.15, 0.2) is 59.5 Å². The number of nitrogens with zero attached hydrogens (tertiary/aromatic N) is 5. The van der Waals surface area contributed by atoms with Crippen LogP contribution < -0.4 is 11.3 Å². The number of nitrogens with two attached hydrogens (primary N) is 1. The van der Waals surface area contributed by atoms with Crippen LogP contribution in [0.5, 0.6) is 0 Å². The normalized spacial score (nSPS) is 11.5. The molecule has 0 radical (unpaired) electrons. The Morgan fingerprint density at radius 1 is 1.09 bits per heavy atom. The lowest BCUT2D eigenvalue weighted by Crippen LogP contribution is -2.27. The number of alkyl halides is 3. The second kappa shape index (κ2) is 8.06. The average Bonchev–Trinajstić information content (AvgIpc) is 3.27. The highest BCUT2D eigenvalue weighted by Gasteiger charge is 2.33. The summed E-state index contributed by atoms with van der Waals surface area (Å²) in [5.74, 6) is -0.709. The van der Waals surface area contributed by atoms with Gasteiger partial charge in [0, 0.05) is 11.8 Å². The number of hydrogen-bond donors (Lipinski definition) is 2. The van der Waals surface area contributed by atoms with Crippen LogP contribution in [0.3, 0.4) is 0 Å². The van der Waals surface area contributed by atoms with Gasteiger partial charge in [0.2, 0.25) is 0 Å². The fourth-order valence-electron chi connectivity index (χ4n) is 3.18. The van der Waals surface area contributed by atoms with Crippen molar-refractivity contribution in [3.8, 4) is 22.4 Å². The number of H-pyrrole nitrogens is 1. The van der Waals surface area contributed by atoms with E-state index in [4.69, 9.17) is 5.73 Å². The number of primary amides is 1. The molecule has 1 amide bonds. The van der Waals surface area contributed by atoms with Crippen molar-refractivity contribution in [2.75, 3.05) is 0 Å². The molecule has 4 rings (SSSR count). The van der Waals surface area contributed by atoms with Crippen molar-refractivity contribution in [3.63, 3.8) is 0 Å². The minimum Gasteiger partial charge on any atom is -0.364 e. The number of carbonyl (C=O) groups is 1. The van der Waals surface area contributed by atoms with Gasteiger partial charge < -0.3 is 10.3 Å². The summed E-state index contributed by atoms with van der Waals surface area (Å²) >= 11 is 0. The Bertz CT molecular complexity index is 1350. The van der Waals surface area contributed by atoms with Crippen molar-refractivity contribution in [3.05, 3.63) is 82.2 Å². The second-order valence-corrected chi connectivity index (χ2v) is 6.72. The molecule has 0 aliphatic heterocycles. The Morgan fingerprint density at radius 2 is 1.84 bits per heavy atom. The van der Waals surface area contributed by atoms with Crippen molar-refractivity contribution in [1.82, 2.24) is 30.2 Å². The molecule has 0 aliphatic carbocycles. The van der Waals surface area contributed by atoms with Gasteiger partial charge in [-0.25, -0.2) is 4.98 Å². The largest absolute Gasteiger partial charge is 0.417 e. The van der Waals surface area contributed by atoms with Crippen molar-refractivity contribution < 1.29 is 18.0 Å². The third-order valence-electron chi connectivity index (χ3n) is 4.61. The summed E-state index contributed by atoms with van der Waals surface area (Å²) in [6.45, 7) is -0.123. The molecule has 4 aromatic rings. The molecule has 2 aromatic heterocycles. The summed E-state index contributed by atoms with van der Waals surface area (Å²) in [5, 5.41) is 13.2. The first-order valence-corrected chi connectivity index (χ1v) is 9.14. The van der Waals surface area contributed by atoms with Gasteiger partial charge in [0.25, 0.3) is 11.5 Å². The van der Waals surface area contributed by atoms with Gasteiger partial charge in [-0.1, -0.05) is 41.6 Å². The predicted octanol–water partition coefficient (Wildman–Crippen LogP) is 2.26.